The number of carbonyl (C=O) groups excluding carboxylic acids is 1. The van der Waals surface area contributed by atoms with E-state index in [1.54, 1.807) is 31.2 Å². The van der Waals surface area contributed by atoms with E-state index < -0.39 is 11.9 Å². The Hall–Kier alpha value is -2.08. The SMILES string of the molecule is CCN(CC)CCOc1ccc(C(=O)NC[C@H](C)C(=O)O)cc1. The molecule has 0 bridgehead atoms. The largest absolute Gasteiger partial charge is 0.492 e. The number of carbonyl (C=O) groups is 2. The van der Waals surface area contributed by atoms with Gasteiger partial charge in [-0.1, -0.05) is 20.8 Å². The van der Waals surface area contributed by atoms with Gasteiger partial charge in [-0.25, -0.2) is 0 Å². The summed E-state index contributed by atoms with van der Waals surface area (Å²) in [5, 5.41) is 11.4. The van der Waals surface area contributed by atoms with Gasteiger partial charge >= 0.3 is 5.97 Å². The van der Waals surface area contributed by atoms with Crippen molar-refractivity contribution in [3.63, 3.8) is 0 Å². The summed E-state index contributed by atoms with van der Waals surface area (Å²) in [7, 11) is 0. The molecule has 0 radical (unpaired) electrons. The van der Waals surface area contributed by atoms with E-state index in [1.807, 2.05) is 0 Å². The van der Waals surface area contributed by atoms with Crippen molar-refractivity contribution in [1.29, 1.82) is 0 Å². The molecule has 0 aliphatic rings. The zero-order valence-electron chi connectivity index (χ0n) is 14.0. The first-order valence-electron chi connectivity index (χ1n) is 7.94. The fourth-order valence-corrected chi connectivity index (χ4v) is 1.97. The third-order valence-corrected chi connectivity index (χ3v) is 3.68. The number of rotatable bonds is 10. The van der Waals surface area contributed by atoms with Gasteiger partial charge in [0.25, 0.3) is 5.91 Å². The third kappa shape index (κ3) is 6.69. The Kier molecular flexibility index (Phi) is 8.11. The van der Waals surface area contributed by atoms with Crippen molar-refractivity contribution in [2.24, 2.45) is 5.92 Å². The average molecular weight is 322 g/mol. The van der Waals surface area contributed by atoms with Crippen LogP contribution in [0.25, 0.3) is 0 Å². The molecule has 0 aliphatic carbocycles. The highest BCUT2D eigenvalue weighted by atomic mass is 16.5. The standard InChI is InChI=1S/C17H26N2O4/c1-4-19(5-2)10-11-23-15-8-6-14(7-9-15)16(20)18-12-13(3)17(21)22/h6-9,13H,4-5,10-12H2,1-3H3,(H,18,20)(H,21,22)/t13-/m0/s1. The average Bonchev–Trinajstić information content (AvgIpc) is 2.56. The Morgan fingerprint density at radius 3 is 2.35 bits per heavy atom. The third-order valence-electron chi connectivity index (χ3n) is 3.68. The lowest BCUT2D eigenvalue weighted by Crippen LogP contribution is -2.31. The molecule has 2 N–H and O–H groups in total. The highest BCUT2D eigenvalue weighted by molar-refractivity contribution is 5.94. The molecule has 1 atom stereocenters. The lowest BCUT2D eigenvalue weighted by atomic mass is 10.1. The molecule has 1 rings (SSSR count). The molecule has 1 aromatic carbocycles. The molecular formula is C17H26N2O4. The highest BCUT2D eigenvalue weighted by Gasteiger charge is 2.13. The predicted octanol–water partition coefficient (Wildman–Crippen LogP) is 1.86. The van der Waals surface area contributed by atoms with Crippen molar-refractivity contribution >= 4 is 11.9 Å². The second-order valence-electron chi connectivity index (χ2n) is 5.35. The number of likely N-dealkylation sites (N-methyl/N-ethyl adjacent to an activating group) is 1. The predicted molar refractivity (Wildman–Crippen MR) is 88.9 cm³/mol. The summed E-state index contributed by atoms with van der Waals surface area (Å²) < 4.78 is 5.65. The van der Waals surface area contributed by atoms with Gasteiger partial charge in [-0.15, -0.1) is 0 Å². The quantitative estimate of drug-likeness (QED) is 0.687. The number of benzene rings is 1. The van der Waals surface area contributed by atoms with Gasteiger partial charge in [-0.3, -0.25) is 9.59 Å². The summed E-state index contributed by atoms with van der Waals surface area (Å²) in [6, 6.07) is 6.84. The zero-order chi connectivity index (χ0) is 17.2. The number of carboxylic acid groups (broad SMARTS) is 1. The molecule has 0 aliphatic heterocycles. The molecule has 0 saturated carbocycles. The summed E-state index contributed by atoms with van der Waals surface area (Å²) in [6.07, 6.45) is 0. The molecular weight excluding hydrogens is 296 g/mol. The first-order valence-corrected chi connectivity index (χ1v) is 7.94. The maximum Gasteiger partial charge on any atom is 0.308 e. The van der Waals surface area contributed by atoms with Gasteiger partial charge in [0.15, 0.2) is 0 Å². The molecule has 23 heavy (non-hydrogen) atoms. The number of nitrogens with one attached hydrogen (secondary N) is 1. The second kappa shape index (κ2) is 9.84. The monoisotopic (exact) mass is 322 g/mol. The number of hydrogen-bond acceptors (Lipinski definition) is 4. The van der Waals surface area contributed by atoms with Crippen LogP contribution in [0.4, 0.5) is 0 Å². The number of aliphatic carboxylic acids is 1. The van der Waals surface area contributed by atoms with E-state index in [0.717, 1.165) is 19.6 Å². The van der Waals surface area contributed by atoms with Crippen molar-refractivity contribution in [1.82, 2.24) is 10.2 Å². The fraction of sp³-hybridized carbons (Fsp3) is 0.529. The molecule has 0 heterocycles. The fourth-order valence-electron chi connectivity index (χ4n) is 1.97. The van der Waals surface area contributed by atoms with Crippen LogP contribution in [-0.4, -0.2) is 54.7 Å². The summed E-state index contributed by atoms with van der Waals surface area (Å²) in [6.45, 7) is 9.34. The molecule has 0 spiro atoms. The number of amides is 1. The Balaban J connectivity index is 2.43. The van der Waals surface area contributed by atoms with Crippen molar-refractivity contribution in [2.75, 3.05) is 32.8 Å². The van der Waals surface area contributed by atoms with Crippen LogP contribution in [-0.2, 0) is 4.79 Å². The van der Waals surface area contributed by atoms with E-state index in [-0.39, 0.29) is 12.5 Å². The number of carboxylic acids is 1. The maximum atomic E-state index is 11.9. The minimum absolute atomic E-state index is 0.107. The van der Waals surface area contributed by atoms with Crippen molar-refractivity contribution in [2.45, 2.75) is 20.8 Å². The maximum absolute atomic E-state index is 11.9. The lowest BCUT2D eigenvalue weighted by molar-refractivity contribution is -0.140. The topological polar surface area (TPSA) is 78.9 Å². The number of hydrogen-bond donors (Lipinski definition) is 2. The van der Waals surface area contributed by atoms with Gasteiger partial charge in [-0.2, -0.15) is 0 Å². The van der Waals surface area contributed by atoms with Gasteiger partial charge in [0.1, 0.15) is 12.4 Å². The zero-order valence-corrected chi connectivity index (χ0v) is 14.0. The van der Waals surface area contributed by atoms with E-state index in [4.69, 9.17) is 9.84 Å². The van der Waals surface area contributed by atoms with E-state index in [0.29, 0.717) is 17.9 Å². The molecule has 0 aromatic heterocycles. The van der Waals surface area contributed by atoms with Gasteiger partial charge < -0.3 is 20.1 Å². The van der Waals surface area contributed by atoms with Crippen LogP contribution in [0.2, 0.25) is 0 Å². The minimum Gasteiger partial charge on any atom is -0.492 e. The van der Waals surface area contributed by atoms with E-state index in [1.165, 1.54) is 0 Å². The van der Waals surface area contributed by atoms with E-state index in [2.05, 4.69) is 24.1 Å². The minimum atomic E-state index is -0.928. The summed E-state index contributed by atoms with van der Waals surface area (Å²) in [5.74, 6) is -1.11. The summed E-state index contributed by atoms with van der Waals surface area (Å²) >= 11 is 0. The number of nitrogens with zero attached hydrogens (tertiary/aromatic N) is 1. The molecule has 6 nitrogen and oxygen atoms in total. The van der Waals surface area contributed by atoms with Crippen LogP contribution in [0, 0.1) is 5.92 Å². The molecule has 1 amide bonds. The molecule has 6 heteroatoms. The van der Waals surface area contributed by atoms with Gasteiger partial charge in [0.05, 0.1) is 5.92 Å². The van der Waals surface area contributed by atoms with Gasteiger partial charge in [0, 0.05) is 18.7 Å². The molecule has 1 aromatic rings. The normalized spacial score (nSPS) is 12.0. The van der Waals surface area contributed by atoms with Crippen LogP contribution >= 0.6 is 0 Å². The summed E-state index contributed by atoms with van der Waals surface area (Å²) in [5.41, 5.74) is 0.485. The van der Waals surface area contributed by atoms with Crippen molar-refractivity contribution in [3.8, 4) is 5.75 Å². The highest BCUT2D eigenvalue weighted by Crippen LogP contribution is 2.12. The van der Waals surface area contributed by atoms with Gasteiger partial charge in [-0.05, 0) is 37.4 Å². The molecule has 0 fully saturated rings. The Morgan fingerprint density at radius 2 is 1.83 bits per heavy atom. The Labute approximate surface area is 137 Å². The van der Waals surface area contributed by atoms with Gasteiger partial charge in [0.2, 0.25) is 0 Å². The first kappa shape index (κ1) is 19.0. The Morgan fingerprint density at radius 1 is 1.22 bits per heavy atom. The Bertz CT molecular complexity index is 498. The van der Waals surface area contributed by atoms with Crippen LogP contribution in [0.1, 0.15) is 31.1 Å². The van der Waals surface area contributed by atoms with Crippen LogP contribution in [0.5, 0.6) is 5.75 Å². The molecule has 0 saturated heterocycles. The molecule has 128 valence electrons. The lowest BCUT2D eigenvalue weighted by Gasteiger charge is -2.18. The van der Waals surface area contributed by atoms with E-state index in [9.17, 15) is 9.59 Å². The first-order chi connectivity index (χ1) is 11.0. The second-order valence-corrected chi connectivity index (χ2v) is 5.35. The smallest absolute Gasteiger partial charge is 0.308 e. The number of ether oxygens (including phenoxy) is 1. The van der Waals surface area contributed by atoms with Crippen molar-refractivity contribution < 1.29 is 19.4 Å². The summed E-state index contributed by atoms with van der Waals surface area (Å²) in [4.78, 5) is 24.9. The van der Waals surface area contributed by atoms with Crippen LogP contribution < -0.4 is 10.1 Å². The van der Waals surface area contributed by atoms with Crippen molar-refractivity contribution in [3.05, 3.63) is 29.8 Å². The van der Waals surface area contributed by atoms with E-state index >= 15 is 0 Å². The van der Waals surface area contributed by atoms with Crippen LogP contribution in [0.15, 0.2) is 24.3 Å². The van der Waals surface area contributed by atoms with Crippen LogP contribution in [0.3, 0.4) is 0 Å². The molecule has 0 unspecified atom stereocenters.